The molecule has 0 saturated carbocycles. The van der Waals surface area contributed by atoms with Crippen LogP contribution < -0.4 is 4.72 Å². The van der Waals surface area contributed by atoms with Gasteiger partial charge >= 0.3 is 0 Å². The van der Waals surface area contributed by atoms with Crippen LogP contribution in [0.15, 0.2) is 32.0 Å². The third-order valence-electron chi connectivity index (χ3n) is 3.54. The van der Waals surface area contributed by atoms with Crippen molar-refractivity contribution in [2.24, 2.45) is 0 Å². The Morgan fingerprint density at radius 1 is 1.30 bits per heavy atom. The molecular formula is C13H18Br2N2O2S. The van der Waals surface area contributed by atoms with Gasteiger partial charge in [0.05, 0.1) is 4.90 Å². The minimum atomic E-state index is -3.47. The Kier molecular flexibility index (Phi) is 5.64. The van der Waals surface area contributed by atoms with Crippen LogP contribution in [0.5, 0.6) is 0 Å². The number of likely N-dealkylation sites (tertiary alicyclic amines) is 1. The lowest BCUT2D eigenvalue weighted by Gasteiger charge is -2.31. The number of hydrogen-bond donors (Lipinski definition) is 1. The SMILES string of the molecule is CCN1CCC(NS(=O)(=O)c2ccc(Br)cc2Br)CC1. The van der Waals surface area contributed by atoms with E-state index in [0.29, 0.717) is 9.37 Å². The first-order valence-electron chi connectivity index (χ1n) is 6.62. The quantitative estimate of drug-likeness (QED) is 0.806. The monoisotopic (exact) mass is 424 g/mol. The molecule has 1 aliphatic rings. The van der Waals surface area contributed by atoms with Gasteiger partial charge in [-0.25, -0.2) is 13.1 Å². The summed E-state index contributed by atoms with van der Waals surface area (Å²) in [6, 6.07) is 5.11. The van der Waals surface area contributed by atoms with Gasteiger partial charge in [0.1, 0.15) is 0 Å². The van der Waals surface area contributed by atoms with Crippen LogP contribution in [0.2, 0.25) is 0 Å². The molecule has 1 aromatic rings. The van der Waals surface area contributed by atoms with Crippen molar-refractivity contribution in [1.29, 1.82) is 0 Å². The van der Waals surface area contributed by atoms with Crippen molar-refractivity contribution in [3.8, 4) is 0 Å². The highest BCUT2D eigenvalue weighted by atomic mass is 79.9. The fourth-order valence-corrected chi connectivity index (χ4v) is 5.39. The molecule has 0 radical (unpaired) electrons. The summed E-state index contributed by atoms with van der Waals surface area (Å²) in [6.07, 6.45) is 1.72. The van der Waals surface area contributed by atoms with Crippen molar-refractivity contribution in [2.75, 3.05) is 19.6 Å². The molecule has 1 fully saturated rings. The maximum atomic E-state index is 12.4. The van der Waals surface area contributed by atoms with Gasteiger partial charge in [-0.15, -0.1) is 0 Å². The van der Waals surface area contributed by atoms with Crippen LogP contribution in [0, 0.1) is 0 Å². The first-order chi connectivity index (χ1) is 9.42. The molecule has 1 heterocycles. The summed E-state index contributed by atoms with van der Waals surface area (Å²) >= 11 is 6.64. The van der Waals surface area contributed by atoms with E-state index in [4.69, 9.17) is 0 Å². The van der Waals surface area contributed by atoms with Crippen LogP contribution in [-0.4, -0.2) is 39.0 Å². The topological polar surface area (TPSA) is 49.4 Å². The van der Waals surface area contributed by atoms with E-state index >= 15 is 0 Å². The molecule has 20 heavy (non-hydrogen) atoms. The van der Waals surface area contributed by atoms with Gasteiger partial charge < -0.3 is 4.90 Å². The molecule has 2 rings (SSSR count). The lowest BCUT2D eigenvalue weighted by Crippen LogP contribution is -2.44. The van der Waals surface area contributed by atoms with Gasteiger partial charge in [0, 0.05) is 15.0 Å². The van der Waals surface area contributed by atoms with Crippen molar-refractivity contribution in [1.82, 2.24) is 9.62 Å². The predicted octanol–water partition coefficient (Wildman–Crippen LogP) is 2.97. The van der Waals surface area contributed by atoms with Gasteiger partial charge in [0.15, 0.2) is 0 Å². The number of nitrogens with one attached hydrogen (secondary N) is 1. The van der Waals surface area contributed by atoms with E-state index < -0.39 is 10.0 Å². The maximum Gasteiger partial charge on any atom is 0.241 e. The first kappa shape index (κ1) is 16.4. The Bertz CT molecular complexity index is 570. The normalized spacial score (nSPS) is 18.4. The molecular weight excluding hydrogens is 408 g/mol. The minimum absolute atomic E-state index is 0.0262. The third-order valence-corrected chi connectivity index (χ3v) is 6.53. The Morgan fingerprint density at radius 3 is 2.50 bits per heavy atom. The van der Waals surface area contributed by atoms with E-state index in [2.05, 4.69) is 48.4 Å². The van der Waals surface area contributed by atoms with Gasteiger partial charge in [-0.3, -0.25) is 0 Å². The van der Waals surface area contributed by atoms with E-state index in [9.17, 15) is 8.42 Å². The molecule has 7 heteroatoms. The molecule has 0 spiro atoms. The van der Waals surface area contributed by atoms with E-state index in [0.717, 1.165) is 36.9 Å². The van der Waals surface area contributed by atoms with Crippen molar-refractivity contribution in [2.45, 2.75) is 30.7 Å². The highest BCUT2D eigenvalue weighted by Gasteiger charge is 2.25. The second-order valence-electron chi connectivity index (χ2n) is 4.90. The molecule has 1 aromatic carbocycles. The molecule has 1 N–H and O–H groups in total. The molecule has 1 aliphatic heterocycles. The summed E-state index contributed by atoms with van der Waals surface area (Å²) in [7, 11) is -3.47. The van der Waals surface area contributed by atoms with Crippen LogP contribution in [-0.2, 0) is 10.0 Å². The number of sulfonamides is 1. The molecule has 0 unspecified atom stereocenters. The van der Waals surface area contributed by atoms with E-state index in [1.54, 1.807) is 18.2 Å². The minimum Gasteiger partial charge on any atom is -0.303 e. The van der Waals surface area contributed by atoms with E-state index in [1.807, 2.05) is 0 Å². The second-order valence-corrected chi connectivity index (χ2v) is 8.36. The lowest BCUT2D eigenvalue weighted by atomic mass is 10.1. The number of piperidine rings is 1. The fraction of sp³-hybridized carbons (Fsp3) is 0.538. The van der Waals surface area contributed by atoms with Crippen molar-refractivity contribution >= 4 is 41.9 Å². The summed E-state index contributed by atoms with van der Waals surface area (Å²) in [5, 5.41) is 0. The molecule has 0 bridgehead atoms. The average Bonchev–Trinajstić information content (AvgIpc) is 2.38. The molecule has 1 saturated heterocycles. The number of benzene rings is 1. The van der Waals surface area contributed by atoms with Crippen molar-refractivity contribution in [3.05, 3.63) is 27.1 Å². The van der Waals surface area contributed by atoms with Crippen molar-refractivity contribution < 1.29 is 8.42 Å². The summed E-state index contributed by atoms with van der Waals surface area (Å²) < 4.78 is 29.1. The van der Waals surface area contributed by atoms with Crippen LogP contribution in [0.1, 0.15) is 19.8 Å². The largest absolute Gasteiger partial charge is 0.303 e. The molecule has 0 amide bonds. The maximum absolute atomic E-state index is 12.4. The van der Waals surface area contributed by atoms with Crippen LogP contribution >= 0.6 is 31.9 Å². The summed E-state index contributed by atoms with van der Waals surface area (Å²) in [5.41, 5.74) is 0. The number of hydrogen-bond acceptors (Lipinski definition) is 3. The summed E-state index contributed by atoms with van der Waals surface area (Å²) in [4.78, 5) is 2.62. The summed E-state index contributed by atoms with van der Waals surface area (Å²) in [5.74, 6) is 0. The van der Waals surface area contributed by atoms with Gasteiger partial charge in [-0.2, -0.15) is 0 Å². The molecule has 0 atom stereocenters. The first-order valence-corrected chi connectivity index (χ1v) is 9.69. The van der Waals surface area contributed by atoms with Gasteiger partial charge in [0.2, 0.25) is 10.0 Å². The highest BCUT2D eigenvalue weighted by molar-refractivity contribution is 9.11. The van der Waals surface area contributed by atoms with Crippen molar-refractivity contribution in [3.63, 3.8) is 0 Å². The number of rotatable bonds is 4. The standard InChI is InChI=1S/C13H18Br2N2O2S/c1-2-17-7-5-11(6-8-17)16-20(18,19)13-4-3-10(14)9-12(13)15/h3-4,9,11,16H,2,5-8H2,1H3. The smallest absolute Gasteiger partial charge is 0.241 e. The second kappa shape index (κ2) is 6.87. The Balaban J connectivity index is 2.08. The molecule has 0 aromatic heterocycles. The number of halogens is 2. The van der Waals surface area contributed by atoms with Gasteiger partial charge in [-0.05, 0) is 66.6 Å². The van der Waals surface area contributed by atoms with Crippen LogP contribution in [0.4, 0.5) is 0 Å². The number of nitrogens with zero attached hydrogens (tertiary/aromatic N) is 1. The van der Waals surface area contributed by atoms with Gasteiger partial charge in [0.25, 0.3) is 0 Å². The van der Waals surface area contributed by atoms with Gasteiger partial charge in [-0.1, -0.05) is 22.9 Å². The summed E-state index contributed by atoms with van der Waals surface area (Å²) in [6.45, 7) is 5.05. The molecule has 0 aliphatic carbocycles. The fourth-order valence-electron chi connectivity index (χ4n) is 2.34. The zero-order valence-electron chi connectivity index (χ0n) is 11.3. The third kappa shape index (κ3) is 4.04. The van der Waals surface area contributed by atoms with E-state index in [-0.39, 0.29) is 6.04 Å². The van der Waals surface area contributed by atoms with Crippen LogP contribution in [0.25, 0.3) is 0 Å². The Hall–Kier alpha value is 0.0500. The predicted molar refractivity (Wildman–Crippen MR) is 87.3 cm³/mol. The lowest BCUT2D eigenvalue weighted by molar-refractivity contribution is 0.217. The molecule has 112 valence electrons. The zero-order chi connectivity index (χ0) is 14.8. The average molecular weight is 426 g/mol. The Labute approximate surface area is 137 Å². The van der Waals surface area contributed by atoms with E-state index in [1.165, 1.54) is 0 Å². The Morgan fingerprint density at radius 2 is 1.95 bits per heavy atom. The molecule has 4 nitrogen and oxygen atoms in total. The highest BCUT2D eigenvalue weighted by Crippen LogP contribution is 2.26. The zero-order valence-corrected chi connectivity index (χ0v) is 15.3. The van der Waals surface area contributed by atoms with Crippen LogP contribution in [0.3, 0.4) is 0 Å².